The Balaban J connectivity index is 1.60. The van der Waals surface area contributed by atoms with Crippen molar-refractivity contribution >= 4 is 52.0 Å². The van der Waals surface area contributed by atoms with Gasteiger partial charge < -0.3 is 4.90 Å². The lowest BCUT2D eigenvalue weighted by atomic mass is 10.2. The molecule has 4 rings (SSSR count). The molecule has 0 spiro atoms. The van der Waals surface area contributed by atoms with Crippen LogP contribution in [0, 0.1) is 0 Å². The molecule has 5 nitrogen and oxygen atoms in total. The third kappa shape index (κ3) is 4.05. The topological polar surface area (TPSA) is 54.8 Å². The molecule has 0 unspecified atom stereocenters. The number of hydrogen-bond acceptors (Lipinski definition) is 7. The number of aromatic nitrogens is 4. The predicted octanol–water partition coefficient (Wildman–Crippen LogP) is 3.96. The van der Waals surface area contributed by atoms with E-state index in [4.69, 9.17) is 11.6 Å². The molecule has 26 heavy (non-hydrogen) atoms. The molecule has 3 heterocycles. The molecule has 3 aromatic rings. The number of fused-ring (bicyclic) bond motifs is 1. The van der Waals surface area contributed by atoms with Crippen molar-refractivity contribution in [1.82, 2.24) is 19.9 Å². The lowest BCUT2D eigenvalue weighted by molar-refractivity contribution is 0.838. The maximum Gasteiger partial charge on any atom is 0.225 e. The highest BCUT2D eigenvalue weighted by Gasteiger charge is 2.20. The van der Waals surface area contributed by atoms with Crippen LogP contribution in [-0.4, -0.2) is 50.3 Å². The fourth-order valence-corrected chi connectivity index (χ4v) is 4.90. The number of halogens is 1. The molecule has 1 aromatic carbocycles. The van der Waals surface area contributed by atoms with Gasteiger partial charge in [0.15, 0.2) is 5.82 Å². The smallest absolute Gasteiger partial charge is 0.225 e. The lowest BCUT2D eigenvalue weighted by Gasteiger charge is -2.27. The maximum absolute atomic E-state index is 6.23. The van der Waals surface area contributed by atoms with Crippen LogP contribution in [0.15, 0.2) is 41.7 Å². The fourth-order valence-electron chi connectivity index (χ4n) is 2.90. The van der Waals surface area contributed by atoms with E-state index in [2.05, 4.69) is 49.1 Å². The van der Waals surface area contributed by atoms with Gasteiger partial charge in [0.1, 0.15) is 22.4 Å². The zero-order valence-electron chi connectivity index (χ0n) is 14.1. The van der Waals surface area contributed by atoms with E-state index in [0.717, 1.165) is 58.6 Å². The van der Waals surface area contributed by atoms with Crippen LogP contribution in [-0.2, 0) is 6.42 Å². The van der Waals surface area contributed by atoms with Crippen LogP contribution in [0.25, 0.3) is 11.0 Å². The van der Waals surface area contributed by atoms with E-state index in [1.54, 1.807) is 18.1 Å². The molecule has 0 radical (unpaired) electrons. The third-order valence-corrected chi connectivity index (χ3v) is 6.28. The number of anilines is 1. The Morgan fingerprint density at radius 2 is 1.85 bits per heavy atom. The number of rotatable bonds is 5. The SMILES string of the molecule is Clc1nc(N2CCSCC2)c2ncnc(SCCc3ccccc3)c2n1. The van der Waals surface area contributed by atoms with Gasteiger partial charge in [-0.25, -0.2) is 15.0 Å². The van der Waals surface area contributed by atoms with E-state index in [0.29, 0.717) is 0 Å². The summed E-state index contributed by atoms with van der Waals surface area (Å²) < 4.78 is 0. The highest BCUT2D eigenvalue weighted by molar-refractivity contribution is 7.99. The minimum atomic E-state index is 0.255. The largest absolute Gasteiger partial charge is 0.353 e. The normalized spacial score (nSPS) is 14.7. The first kappa shape index (κ1) is 17.8. The van der Waals surface area contributed by atoms with Crippen molar-refractivity contribution < 1.29 is 0 Å². The number of nitrogens with zero attached hydrogens (tertiary/aromatic N) is 5. The van der Waals surface area contributed by atoms with E-state index in [-0.39, 0.29) is 5.28 Å². The summed E-state index contributed by atoms with van der Waals surface area (Å²) in [7, 11) is 0. The van der Waals surface area contributed by atoms with E-state index >= 15 is 0 Å². The average Bonchev–Trinajstić information content (AvgIpc) is 2.69. The van der Waals surface area contributed by atoms with Crippen molar-refractivity contribution in [2.24, 2.45) is 0 Å². The summed E-state index contributed by atoms with van der Waals surface area (Å²) in [6.07, 6.45) is 2.58. The van der Waals surface area contributed by atoms with Crippen molar-refractivity contribution in [1.29, 1.82) is 0 Å². The van der Waals surface area contributed by atoms with Gasteiger partial charge in [0, 0.05) is 30.3 Å². The first-order valence-corrected chi connectivity index (χ1v) is 11.0. The molecule has 0 saturated carbocycles. The molecule has 0 aliphatic carbocycles. The molecule has 0 atom stereocenters. The van der Waals surface area contributed by atoms with Gasteiger partial charge in [-0.3, -0.25) is 0 Å². The van der Waals surface area contributed by atoms with Gasteiger partial charge in [-0.2, -0.15) is 16.7 Å². The second-order valence-electron chi connectivity index (χ2n) is 5.88. The van der Waals surface area contributed by atoms with Gasteiger partial charge in [0.05, 0.1) is 0 Å². The molecule has 0 bridgehead atoms. The lowest BCUT2D eigenvalue weighted by Crippen LogP contribution is -2.33. The molecule has 1 aliphatic heterocycles. The summed E-state index contributed by atoms with van der Waals surface area (Å²) in [5.74, 6) is 3.93. The Hall–Kier alpha value is -1.57. The molecular formula is C18H18ClN5S2. The fraction of sp³-hybridized carbons (Fsp3) is 0.333. The standard InChI is InChI=1S/C18H18ClN5S2/c19-18-22-15-14(16(23-18)24-7-10-25-11-8-24)20-12-21-17(15)26-9-6-13-4-2-1-3-5-13/h1-5,12H,6-11H2. The van der Waals surface area contributed by atoms with Crippen LogP contribution in [0.5, 0.6) is 0 Å². The van der Waals surface area contributed by atoms with Crippen LogP contribution in [0.1, 0.15) is 5.56 Å². The van der Waals surface area contributed by atoms with Crippen LogP contribution < -0.4 is 4.90 Å². The summed E-state index contributed by atoms with van der Waals surface area (Å²) in [6.45, 7) is 1.90. The van der Waals surface area contributed by atoms with Crippen LogP contribution in [0.4, 0.5) is 5.82 Å². The minimum absolute atomic E-state index is 0.255. The molecule has 0 amide bonds. The summed E-state index contributed by atoms with van der Waals surface area (Å²) in [5, 5.41) is 1.12. The Bertz CT molecular complexity index is 887. The van der Waals surface area contributed by atoms with E-state index in [9.17, 15) is 0 Å². The molecule has 1 fully saturated rings. The first-order chi connectivity index (χ1) is 12.8. The Morgan fingerprint density at radius 3 is 2.65 bits per heavy atom. The minimum Gasteiger partial charge on any atom is -0.353 e. The van der Waals surface area contributed by atoms with Crippen molar-refractivity contribution in [2.45, 2.75) is 11.4 Å². The highest BCUT2D eigenvalue weighted by atomic mass is 35.5. The first-order valence-electron chi connectivity index (χ1n) is 8.49. The Labute approximate surface area is 166 Å². The molecule has 2 aromatic heterocycles. The second kappa shape index (κ2) is 8.41. The summed E-state index contributed by atoms with van der Waals surface area (Å²) in [5.41, 5.74) is 2.86. The molecule has 8 heteroatoms. The van der Waals surface area contributed by atoms with Crippen LogP contribution >= 0.6 is 35.1 Å². The second-order valence-corrected chi connectivity index (χ2v) is 8.52. The zero-order chi connectivity index (χ0) is 17.8. The number of hydrogen-bond donors (Lipinski definition) is 0. The van der Waals surface area contributed by atoms with Crippen LogP contribution in [0.2, 0.25) is 5.28 Å². The Kier molecular flexibility index (Phi) is 5.77. The Morgan fingerprint density at radius 1 is 1.04 bits per heavy atom. The van der Waals surface area contributed by atoms with Gasteiger partial charge in [-0.15, -0.1) is 11.8 Å². The number of aryl methyl sites for hydroxylation is 1. The summed E-state index contributed by atoms with van der Waals surface area (Å²) in [4.78, 5) is 20.1. The quantitative estimate of drug-likeness (QED) is 0.363. The van der Waals surface area contributed by atoms with Crippen molar-refractivity contribution in [3.8, 4) is 0 Å². The van der Waals surface area contributed by atoms with E-state index in [1.807, 2.05) is 17.8 Å². The predicted molar refractivity (Wildman–Crippen MR) is 111 cm³/mol. The third-order valence-electron chi connectivity index (χ3n) is 4.19. The number of benzene rings is 1. The maximum atomic E-state index is 6.23. The molecule has 1 saturated heterocycles. The molecule has 1 aliphatic rings. The van der Waals surface area contributed by atoms with E-state index in [1.165, 1.54) is 5.56 Å². The molecular weight excluding hydrogens is 386 g/mol. The average molecular weight is 404 g/mol. The monoisotopic (exact) mass is 403 g/mol. The van der Waals surface area contributed by atoms with Gasteiger partial charge in [-0.1, -0.05) is 30.3 Å². The van der Waals surface area contributed by atoms with Gasteiger partial charge in [0.2, 0.25) is 5.28 Å². The number of thioether (sulfide) groups is 2. The van der Waals surface area contributed by atoms with Gasteiger partial charge in [-0.05, 0) is 23.6 Å². The summed E-state index contributed by atoms with van der Waals surface area (Å²) >= 11 is 9.87. The van der Waals surface area contributed by atoms with Crippen molar-refractivity contribution in [3.63, 3.8) is 0 Å². The van der Waals surface area contributed by atoms with Crippen molar-refractivity contribution in [3.05, 3.63) is 47.5 Å². The molecule has 0 N–H and O–H groups in total. The van der Waals surface area contributed by atoms with E-state index < -0.39 is 0 Å². The molecule has 134 valence electrons. The van der Waals surface area contributed by atoms with Crippen LogP contribution in [0.3, 0.4) is 0 Å². The van der Waals surface area contributed by atoms with Crippen molar-refractivity contribution in [2.75, 3.05) is 35.2 Å². The van der Waals surface area contributed by atoms with Gasteiger partial charge in [0.25, 0.3) is 0 Å². The zero-order valence-corrected chi connectivity index (χ0v) is 16.5. The highest BCUT2D eigenvalue weighted by Crippen LogP contribution is 2.30. The van der Waals surface area contributed by atoms with Gasteiger partial charge >= 0.3 is 0 Å². The summed E-state index contributed by atoms with van der Waals surface area (Å²) in [6, 6.07) is 10.5.